The molecule has 2 nitrogen and oxygen atoms in total. The minimum Gasteiger partial charge on any atom is -0.316 e. The van der Waals surface area contributed by atoms with E-state index in [1.54, 1.807) is 0 Å². The lowest BCUT2D eigenvalue weighted by Crippen LogP contribution is -2.30. The Labute approximate surface area is 116 Å². The summed E-state index contributed by atoms with van der Waals surface area (Å²) in [6, 6.07) is 10.6. The van der Waals surface area contributed by atoms with Gasteiger partial charge < -0.3 is 5.32 Å². The van der Waals surface area contributed by atoms with Gasteiger partial charge in [0, 0.05) is 5.39 Å². The van der Waals surface area contributed by atoms with Gasteiger partial charge in [0.05, 0.1) is 5.52 Å². The fourth-order valence-corrected chi connectivity index (χ4v) is 3.16. The highest BCUT2D eigenvalue weighted by Crippen LogP contribution is 2.25. The number of piperidine rings is 1. The molecule has 1 N–H and O–H groups in total. The largest absolute Gasteiger partial charge is 0.316 e. The Bertz CT molecular complexity index is 547. The van der Waals surface area contributed by atoms with Crippen molar-refractivity contribution in [1.29, 1.82) is 0 Å². The second kappa shape index (κ2) is 5.37. The summed E-state index contributed by atoms with van der Waals surface area (Å²) in [5, 5.41) is 4.71. The molecule has 2 aromatic rings. The van der Waals surface area contributed by atoms with Gasteiger partial charge in [-0.05, 0) is 71.9 Å². The number of rotatable bonds is 2. The molecular formula is C15H17BrN2. The molecule has 3 heteroatoms. The highest BCUT2D eigenvalue weighted by Gasteiger charge is 2.15. The topological polar surface area (TPSA) is 24.9 Å². The molecule has 1 saturated heterocycles. The molecule has 0 spiro atoms. The van der Waals surface area contributed by atoms with E-state index in [0.29, 0.717) is 0 Å². The summed E-state index contributed by atoms with van der Waals surface area (Å²) in [6.07, 6.45) is 3.74. The van der Waals surface area contributed by atoms with Crippen LogP contribution in [0.15, 0.2) is 34.9 Å². The van der Waals surface area contributed by atoms with Crippen LogP contribution in [0.25, 0.3) is 10.9 Å². The summed E-state index contributed by atoms with van der Waals surface area (Å²) in [7, 11) is 0. The van der Waals surface area contributed by atoms with Gasteiger partial charge in [-0.3, -0.25) is 0 Å². The first-order valence-electron chi connectivity index (χ1n) is 6.58. The van der Waals surface area contributed by atoms with Crippen LogP contribution in [0.1, 0.15) is 18.4 Å². The summed E-state index contributed by atoms with van der Waals surface area (Å²) in [6.45, 7) is 2.31. The Morgan fingerprint density at radius 2 is 2.22 bits per heavy atom. The van der Waals surface area contributed by atoms with Crippen LogP contribution in [0.3, 0.4) is 0 Å². The van der Waals surface area contributed by atoms with Crippen molar-refractivity contribution in [3.8, 4) is 0 Å². The van der Waals surface area contributed by atoms with E-state index in [1.165, 1.54) is 30.3 Å². The van der Waals surface area contributed by atoms with Crippen LogP contribution in [-0.4, -0.2) is 18.1 Å². The zero-order chi connectivity index (χ0) is 12.4. The number of nitrogens with one attached hydrogen (secondary N) is 1. The number of hydrogen-bond acceptors (Lipinski definition) is 2. The molecular weight excluding hydrogens is 288 g/mol. The van der Waals surface area contributed by atoms with Gasteiger partial charge in [-0.15, -0.1) is 0 Å². The monoisotopic (exact) mass is 304 g/mol. The number of hydrogen-bond donors (Lipinski definition) is 1. The van der Waals surface area contributed by atoms with E-state index in [1.807, 2.05) is 6.07 Å². The van der Waals surface area contributed by atoms with Crippen molar-refractivity contribution in [2.75, 3.05) is 13.1 Å². The lowest BCUT2D eigenvalue weighted by molar-refractivity contribution is 0.375. The van der Waals surface area contributed by atoms with Crippen LogP contribution in [0.4, 0.5) is 0 Å². The van der Waals surface area contributed by atoms with Gasteiger partial charge in [0.25, 0.3) is 0 Å². The first-order valence-corrected chi connectivity index (χ1v) is 7.37. The number of fused-ring (bicyclic) bond motifs is 1. The van der Waals surface area contributed by atoms with Crippen molar-refractivity contribution in [3.05, 3.63) is 40.5 Å². The molecule has 0 saturated carbocycles. The summed E-state index contributed by atoms with van der Waals surface area (Å²) in [5.74, 6) is 0.748. The van der Waals surface area contributed by atoms with Crippen molar-refractivity contribution >= 4 is 26.8 Å². The third kappa shape index (κ3) is 2.57. The SMILES string of the molecule is Brc1nc2ccccc2cc1CC1CCCNC1. The van der Waals surface area contributed by atoms with Gasteiger partial charge in [0.15, 0.2) is 0 Å². The number of para-hydroxylation sites is 1. The van der Waals surface area contributed by atoms with Gasteiger partial charge in [-0.1, -0.05) is 18.2 Å². The molecule has 3 rings (SSSR count). The molecule has 94 valence electrons. The van der Waals surface area contributed by atoms with Crippen LogP contribution >= 0.6 is 15.9 Å². The van der Waals surface area contributed by atoms with Crippen molar-refractivity contribution < 1.29 is 0 Å². The van der Waals surface area contributed by atoms with Crippen molar-refractivity contribution in [2.45, 2.75) is 19.3 Å². The first-order chi connectivity index (χ1) is 8.83. The Morgan fingerprint density at radius 3 is 3.06 bits per heavy atom. The number of aromatic nitrogens is 1. The lowest BCUT2D eigenvalue weighted by atomic mass is 9.92. The van der Waals surface area contributed by atoms with E-state index in [0.717, 1.165) is 29.0 Å². The maximum atomic E-state index is 4.64. The van der Waals surface area contributed by atoms with Gasteiger partial charge in [0.1, 0.15) is 4.60 Å². The fourth-order valence-electron chi connectivity index (χ4n) is 2.69. The van der Waals surface area contributed by atoms with Gasteiger partial charge in [-0.25, -0.2) is 4.98 Å². The Kier molecular flexibility index (Phi) is 3.62. The normalized spacial score (nSPS) is 20.2. The summed E-state index contributed by atoms with van der Waals surface area (Å²) in [4.78, 5) is 4.64. The molecule has 1 atom stereocenters. The Hall–Kier alpha value is -0.930. The highest BCUT2D eigenvalue weighted by atomic mass is 79.9. The third-order valence-electron chi connectivity index (χ3n) is 3.66. The predicted octanol–water partition coefficient (Wildman–Crippen LogP) is 3.54. The smallest absolute Gasteiger partial charge is 0.110 e. The summed E-state index contributed by atoms with van der Waals surface area (Å²) in [5.41, 5.74) is 2.40. The van der Waals surface area contributed by atoms with Crippen LogP contribution in [0, 0.1) is 5.92 Å². The molecule has 0 radical (unpaired) electrons. The maximum Gasteiger partial charge on any atom is 0.110 e. The fraction of sp³-hybridized carbons (Fsp3) is 0.400. The maximum absolute atomic E-state index is 4.64. The van der Waals surface area contributed by atoms with Crippen LogP contribution in [0.2, 0.25) is 0 Å². The third-order valence-corrected chi connectivity index (χ3v) is 4.34. The van der Waals surface area contributed by atoms with E-state index in [4.69, 9.17) is 0 Å². The van der Waals surface area contributed by atoms with Crippen molar-refractivity contribution in [2.24, 2.45) is 5.92 Å². The lowest BCUT2D eigenvalue weighted by Gasteiger charge is -2.23. The van der Waals surface area contributed by atoms with Crippen LogP contribution in [0.5, 0.6) is 0 Å². The standard InChI is InChI=1S/C15H17BrN2/c16-15-13(8-11-4-3-7-17-10-11)9-12-5-1-2-6-14(12)18-15/h1-2,5-6,9,11,17H,3-4,7-8,10H2. The molecule has 1 aromatic carbocycles. The highest BCUT2D eigenvalue weighted by molar-refractivity contribution is 9.10. The van der Waals surface area contributed by atoms with Crippen molar-refractivity contribution in [1.82, 2.24) is 10.3 Å². The molecule has 1 aliphatic rings. The number of nitrogens with zero attached hydrogens (tertiary/aromatic N) is 1. The van der Waals surface area contributed by atoms with E-state index in [9.17, 15) is 0 Å². The molecule has 0 aliphatic carbocycles. The number of halogens is 1. The average Bonchev–Trinajstić information content (AvgIpc) is 2.41. The number of benzene rings is 1. The Morgan fingerprint density at radius 1 is 1.33 bits per heavy atom. The quantitative estimate of drug-likeness (QED) is 0.859. The van der Waals surface area contributed by atoms with Crippen molar-refractivity contribution in [3.63, 3.8) is 0 Å². The molecule has 1 aromatic heterocycles. The van der Waals surface area contributed by atoms with Crippen LogP contribution < -0.4 is 5.32 Å². The molecule has 2 heterocycles. The number of pyridine rings is 1. The molecule has 1 aliphatic heterocycles. The van der Waals surface area contributed by atoms with Gasteiger partial charge >= 0.3 is 0 Å². The van der Waals surface area contributed by atoms with E-state index < -0.39 is 0 Å². The molecule has 1 unspecified atom stereocenters. The molecule has 0 amide bonds. The van der Waals surface area contributed by atoms with E-state index in [-0.39, 0.29) is 0 Å². The summed E-state index contributed by atoms with van der Waals surface area (Å²) >= 11 is 3.61. The second-order valence-electron chi connectivity index (χ2n) is 5.05. The first kappa shape index (κ1) is 12.1. The molecule has 0 bridgehead atoms. The summed E-state index contributed by atoms with van der Waals surface area (Å²) < 4.78 is 1.01. The second-order valence-corrected chi connectivity index (χ2v) is 5.80. The van der Waals surface area contributed by atoms with E-state index >= 15 is 0 Å². The molecule has 1 fully saturated rings. The molecule has 18 heavy (non-hydrogen) atoms. The minimum absolute atomic E-state index is 0.748. The van der Waals surface area contributed by atoms with Crippen LogP contribution in [-0.2, 0) is 6.42 Å². The zero-order valence-corrected chi connectivity index (χ0v) is 11.9. The Balaban J connectivity index is 1.88. The van der Waals surface area contributed by atoms with Gasteiger partial charge in [-0.2, -0.15) is 0 Å². The van der Waals surface area contributed by atoms with E-state index in [2.05, 4.69) is 50.5 Å². The predicted molar refractivity (Wildman–Crippen MR) is 78.7 cm³/mol. The zero-order valence-electron chi connectivity index (χ0n) is 10.3. The van der Waals surface area contributed by atoms with Gasteiger partial charge in [0.2, 0.25) is 0 Å². The minimum atomic E-state index is 0.748. The average molecular weight is 305 g/mol.